The number of halogens is 1. The molecule has 2 saturated heterocycles. The molecule has 8 nitrogen and oxygen atoms in total. The fraction of sp³-hybridized carbons (Fsp3) is 0.500. The summed E-state index contributed by atoms with van der Waals surface area (Å²) in [5.41, 5.74) is 7.30. The number of hydrogen-bond acceptors (Lipinski definition) is 5. The summed E-state index contributed by atoms with van der Waals surface area (Å²) < 4.78 is 0. The Morgan fingerprint density at radius 1 is 1.00 bits per heavy atom. The van der Waals surface area contributed by atoms with E-state index in [2.05, 4.69) is 10.2 Å². The maximum atomic E-state index is 13.9. The first-order chi connectivity index (χ1) is 18.9. The molecule has 3 fully saturated rings. The number of anilines is 1. The van der Waals surface area contributed by atoms with Crippen molar-refractivity contribution in [3.8, 4) is 0 Å². The van der Waals surface area contributed by atoms with Gasteiger partial charge in [-0.15, -0.1) is 0 Å². The largest absolute Gasteiger partial charge is 0.352 e. The van der Waals surface area contributed by atoms with E-state index in [1.165, 1.54) is 6.42 Å². The summed E-state index contributed by atoms with van der Waals surface area (Å²) in [7, 11) is 0. The van der Waals surface area contributed by atoms with Crippen LogP contribution in [-0.4, -0.2) is 71.4 Å². The third kappa shape index (κ3) is 5.92. The van der Waals surface area contributed by atoms with Crippen LogP contribution in [0.1, 0.15) is 50.5 Å². The number of carbonyl (C=O) groups is 3. The van der Waals surface area contributed by atoms with Crippen LogP contribution in [0.15, 0.2) is 54.6 Å². The highest BCUT2D eigenvalue weighted by Crippen LogP contribution is 2.39. The zero-order valence-corrected chi connectivity index (χ0v) is 23.1. The normalized spacial score (nSPS) is 20.4. The van der Waals surface area contributed by atoms with Crippen molar-refractivity contribution in [2.24, 2.45) is 5.73 Å². The van der Waals surface area contributed by atoms with Crippen molar-refractivity contribution < 1.29 is 14.4 Å². The van der Waals surface area contributed by atoms with Crippen molar-refractivity contribution in [3.63, 3.8) is 0 Å². The highest BCUT2D eigenvalue weighted by Gasteiger charge is 2.54. The van der Waals surface area contributed by atoms with Crippen LogP contribution < -0.4 is 16.0 Å². The summed E-state index contributed by atoms with van der Waals surface area (Å²) in [5.74, 6) is -0.277. The summed E-state index contributed by atoms with van der Waals surface area (Å²) in [6.45, 7) is 1.24. The summed E-state index contributed by atoms with van der Waals surface area (Å²) in [6, 6.07) is 16.8. The van der Waals surface area contributed by atoms with Gasteiger partial charge in [-0.2, -0.15) is 0 Å². The number of para-hydroxylation sites is 1. The Bertz CT molecular complexity index is 1180. The number of benzene rings is 2. The third-order valence-corrected chi connectivity index (χ3v) is 8.87. The zero-order chi connectivity index (χ0) is 27.4. The minimum atomic E-state index is -0.796. The summed E-state index contributed by atoms with van der Waals surface area (Å²) in [6.07, 6.45) is 6.81. The molecule has 2 aromatic carbocycles. The highest BCUT2D eigenvalue weighted by atomic mass is 35.5. The van der Waals surface area contributed by atoms with Crippen LogP contribution in [-0.2, 0) is 20.8 Å². The molecule has 3 aliphatic rings. The van der Waals surface area contributed by atoms with Crippen LogP contribution in [0.5, 0.6) is 0 Å². The maximum Gasteiger partial charge on any atom is 0.250 e. The quantitative estimate of drug-likeness (QED) is 0.550. The molecule has 2 aromatic rings. The summed E-state index contributed by atoms with van der Waals surface area (Å²) >= 11 is 6.28. The average molecular weight is 552 g/mol. The van der Waals surface area contributed by atoms with Gasteiger partial charge in [0.2, 0.25) is 11.8 Å². The number of hydrogen-bond donors (Lipinski definition) is 2. The van der Waals surface area contributed by atoms with Gasteiger partial charge in [-0.1, -0.05) is 67.3 Å². The van der Waals surface area contributed by atoms with Crippen LogP contribution in [0, 0.1) is 0 Å². The number of nitrogens with two attached hydrogens (primary N) is 1. The van der Waals surface area contributed by atoms with E-state index in [4.69, 9.17) is 17.3 Å². The molecule has 1 spiro atoms. The molecule has 5 rings (SSSR count). The van der Waals surface area contributed by atoms with Crippen molar-refractivity contribution in [2.75, 3.05) is 31.2 Å². The van der Waals surface area contributed by atoms with Gasteiger partial charge in [0, 0.05) is 29.8 Å². The summed E-state index contributed by atoms with van der Waals surface area (Å²) in [4.78, 5) is 45.7. The molecule has 0 bridgehead atoms. The molecule has 1 saturated carbocycles. The standard InChI is InChI=1S/C30H38ClN5O3/c31-25-14-8-7-9-22(25)19-26(32)28(38)34-17-15-30(16-18-34)29(39)35(21-36(30)24-12-5-2-6-13-24)20-27(37)33-23-10-3-1-4-11-23/h2,5-9,12-14,23,26H,1,3-4,10-11,15-21,32H2,(H,33,37)/t26-/m1/s1. The third-order valence-electron chi connectivity index (χ3n) is 8.50. The molecule has 3 amide bonds. The first-order valence-corrected chi connectivity index (χ1v) is 14.4. The minimum Gasteiger partial charge on any atom is -0.352 e. The predicted octanol–water partition coefficient (Wildman–Crippen LogP) is 3.33. The van der Waals surface area contributed by atoms with Crippen LogP contribution >= 0.6 is 11.6 Å². The average Bonchev–Trinajstić information content (AvgIpc) is 3.21. The fourth-order valence-corrected chi connectivity index (χ4v) is 6.55. The van der Waals surface area contributed by atoms with E-state index in [1.54, 1.807) is 15.9 Å². The lowest BCUT2D eigenvalue weighted by Crippen LogP contribution is -2.59. The van der Waals surface area contributed by atoms with Gasteiger partial charge >= 0.3 is 0 Å². The van der Waals surface area contributed by atoms with Crippen molar-refractivity contribution in [3.05, 3.63) is 65.2 Å². The molecule has 2 heterocycles. The summed E-state index contributed by atoms with van der Waals surface area (Å²) in [5, 5.41) is 3.74. The molecular weight excluding hydrogens is 514 g/mol. The van der Waals surface area contributed by atoms with Gasteiger partial charge in [0.05, 0.1) is 12.7 Å². The van der Waals surface area contributed by atoms with E-state index in [9.17, 15) is 14.4 Å². The Hall–Kier alpha value is -3.10. The lowest BCUT2D eigenvalue weighted by atomic mass is 9.85. The SMILES string of the molecule is N[C@H](Cc1ccccc1Cl)C(=O)N1CCC2(CC1)C(=O)N(CC(=O)NC1CCCCC1)CN2c1ccccc1. The number of rotatable bonds is 7. The molecule has 1 aliphatic carbocycles. The van der Waals surface area contributed by atoms with Gasteiger partial charge in [-0.25, -0.2) is 0 Å². The molecule has 3 N–H and O–H groups in total. The zero-order valence-electron chi connectivity index (χ0n) is 22.4. The number of amides is 3. The van der Waals surface area contributed by atoms with E-state index >= 15 is 0 Å². The molecule has 0 aromatic heterocycles. The van der Waals surface area contributed by atoms with Gasteiger partial charge in [0.25, 0.3) is 5.91 Å². The molecule has 0 unspecified atom stereocenters. The van der Waals surface area contributed by atoms with Gasteiger partial charge < -0.3 is 25.8 Å². The molecule has 0 radical (unpaired) electrons. The topological polar surface area (TPSA) is 99.0 Å². The Balaban J connectivity index is 1.27. The first kappa shape index (κ1) is 27.5. The van der Waals surface area contributed by atoms with E-state index in [-0.39, 0.29) is 30.3 Å². The predicted molar refractivity (Wildman–Crippen MR) is 152 cm³/mol. The van der Waals surface area contributed by atoms with Crippen molar-refractivity contribution >= 4 is 35.0 Å². The lowest BCUT2D eigenvalue weighted by molar-refractivity contribution is -0.140. The fourth-order valence-electron chi connectivity index (χ4n) is 6.34. The molecule has 1 atom stereocenters. The van der Waals surface area contributed by atoms with Gasteiger partial charge in [-0.3, -0.25) is 14.4 Å². The highest BCUT2D eigenvalue weighted by molar-refractivity contribution is 6.31. The first-order valence-electron chi connectivity index (χ1n) is 14.1. The van der Waals surface area contributed by atoms with E-state index in [1.807, 2.05) is 48.5 Å². The van der Waals surface area contributed by atoms with Crippen LogP contribution in [0.4, 0.5) is 5.69 Å². The number of carbonyl (C=O) groups excluding carboxylic acids is 3. The molecule has 2 aliphatic heterocycles. The van der Waals surface area contributed by atoms with E-state index in [0.717, 1.165) is 36.9 Å². The van der Waals surface area contributed by atoms with Gasteiger partial charge in [0.15, 0.2) is 0 Å². The van der Waals surface area contributed by atoms with Crippen LogP contribution in [0.3, 0.4) is 0 Å². The Morgan fingerprint density at radius 3 is 2.36 bits per heavy atom. The second-order valence-electron chi connectivity index (χ2n) is 11.1. The number of nitrogens with zero attached hydrogens (tertiary/aromatic N) is 3. The number of nitrogens with one attached hydrogen (secondary N) is 1. The Morgan fingerprint density at radius 2 is 1.67 bits per heavy atom. The second kappa shape index (κ2) is 12.0. The molecular formula is C30H38ClN5O3. The van der Waals surface area contributed by atoms with Gasteiger partial charge in [0.1, 0.15) is 12.1 Å². The minimum absolute atomic E-state index is 0.0439. The van der Waals surface area contributed by atoms with Crippen molar-refractivity contribution in [2.45, 2.75) is 69.0 Å². The van der Waals surface area contributed by atoms with Crippen molar-refractivity contribution in [1.29, 1.82) is 0 Å². The van der Waals surface area contributed by atoms with Gasteiger partial charge in [-0.05, 0) is 55.9 Å². The molecule has 39 heavy (non-hydrogen) atoms. The van der Waals surface area contributed by atoms with E-state index < -0.39 is 11.6 Å². The van der Waals surface area contributed by atoms with Crippen LogP contribution in [0.2, 0.25) is 5.02 Å². The monoisotopic (exact) mass is 551 g/mol. The lowest BCUT2D eigenvalue weighted by Gasteiger charge is -2.43. The second-order valence-corrected chi connectivity index (χ2v) is 11.5. The smallest absolute Gasteiger partial charge is 0.250 e. The number of piperidine rings is 1. The Kier molecular flexibility index (Phi) is 8.43. The molecule has 9 heteroatoms. The maximum absolute atomic E-state index is 13.9. The van der Waals surface area contributed by atoms with Crippen LogP contribution in [0.25, 0.3) is 0 Å². The molecule has 208 valence electrons. The van der Waals surface area contributed by atoms with Crippen molar-refractivity contribution in [1.82, 2.24) is 15.1 Å². The number of likely N-dealkylation sites (tertiary alicyclic amines) is 1. The van der Waals surface area contributed by atoms with E-state index in [0.29, 0.717) is 44.0 Å². The Labute approximate surface area is 235 Å².